The molecule has 0 spiro atoms. The Labute approximate surface area is 171 Å². The van der Waals surface area contributed by atoms with Crippen molar-refractivity contribution in [2.45, 2.75) is 31.2 Å². The van der Waals surface area contributed by atoms with E-state index >= 15 is 0 Å². The van der Waals surface area contributed by atoms with Gasteiger partial charge >= 0.3 is 0 Å². The molecule has 1 unspecified atom stereocenters. The minimum absolute atomic E-state index is 0.142. The Kier molecular flexibility index (Phi) is 6.24. The predicted octanol–water partition coefficient (Wildman–Crippen LogP) is 3.83. The number of H-pyrrole nitrogens is 1. The summed E-state index contributed by atoms with van der Waals surface area (Å²) in [7, 11) is -0.825. The molecule has 0 aliphatic heterocycles. The highest BCUT2D eigenvalue weighted by molar-refractivity contribution is 7.89. The number of aryl methyl sites for hydroxylation is 1. The summed E-state index contributed by atoms with van der Waals surface area (Å²) in [5, 5.41) is 0. The van der Waals surface area contributed by atoms with Crippen molar-refractivity contribution >= 4 is 10.0 Å². The van der Waals surface area contributed by atoms with Crippen LogP contribution in [0.2, 0.25) is 0 Å². The van der Waals surface area contributed by atoms with E-state index in [1.54, 1.807) is 19.2 Å². The molecule has 0 amide bonds. The Balaban J connectivity index is 1.90. The maximum Gasteiger partial charge on any atom is 0.241 e. The molecule has 3 aromatic rings. The minimum atomic E-state index is -3.81. The highest BCUT2D eigenvalue weighted by Crippen LogP contribution is 2.33. The topological polar surface area (TPSA) is 93.3 Å². The summed E-state index contributed by atoms with van der Waals surface area (Å²) in [4.78, 5) is 7.77. The Bertz CT molecular complexity index is 1080. The van der Waals surface area contributed by atoms with E-state index in [0.717, 1.165) is 11.3 Å². The van der Waals surface area contributed by atoms with Gasteiger partial charge in [-0.05, 0) is 30.5 Å². The summed E-state index contributed by atoms with van der Waals surface area (Å²) < 4.78 is 39.4. The van der Waals surface area contributed by atoms with E-state index in [0.29, 0.717) is 29.3 Å². The van der Waals surface area contributed by atoms with Gasteiger partial charge in [-0.1, -0.05) is 37.3 Å². The molecule has 0 bridgehead atoms. The quantitative estimate of drug-likeness (QED) is 0.583. The fourth-order valence-electron chi connectivity index (χ4n) is 3.11. The van der Waals surface area contributed by atoms with Gasteiger partial charge in [-0.25, -0.2) is 18.1 Å². The minimum Gasteiger partial charge on any atom is -0.493 e. The first kappa shape index (κ1) is 20.9. The molecular formula is C21H25N3O4S. The molecule has 1 heterocycles. The SMILES string of the molecule is CCC(NS(=O)(=O)c1cc(OC)c(OC)cc1C)c1ncc(-c2ccccc2)[nH]1. The number of aromatic amines is 1. The van der Waals surface area contributed by atoms with E-state index in [2.05, 4.69) is 14.7 Å². The first-order chi connectivity index (χ1) is 13.9. The normalized spacial score (nSPS) is 12.6. The molecule has 3 rings (SSSR count). The van der Waals surface area contributed by atoms with Crippen LogP contribution in [0.3, 0.4) is 0 Å². The summed E-state index contributed by atoms with van der Waals surface area (Å²) in [6, 6.07) is 12.4. The largest absolute Gasteiger partial charge is 0.493 e. The van der Waals surface area contributed by atoms with Crippen molar-refractivity contribution in [1.29, 1.82) is 0 Å². The number of hydrogen-bond donors (Lipinski definition) is 2. The Morgan fingerprint density at radius 1 is 1.10 bits per heavy atom. The molecule has 1 aromatic heterocycles. The molecule has 8 heteroatoms. The highest BCUT2D eigenvalue weighted by Gasteiger charge is 2.25. The van der Waals surface area contributed by atoms with Gasteiger partial charge in [0.15, 0.2) is 11.5 Å². The zero-order valence-corrected chi connectivity index (χ0v) is 17.7. The number of benzene rings is 2. The van der Waals surface area contributed by atoms with Gasteiger partial charge in [0.1, 0.15) is 5.82 Å². The fraction of sp³-hybridized carbons (Fsp3) is 0.286. The van der Waals surface area contributed by atoms with Crippen molar-refractivity contribution < 1.29 is 17.9 Å². The van der Waals surface area contributed by atoms with Crippen LogP contribution < -0.4 is 14.2 Å². The summed E-state index contributed by atoms with van der Waals surface area (Å²) in [5.74, 6) is 1.40. The summed E-state index contributed by atoms with van der Waals surface area (Å²) >= 11 is 0. The molecular weight excluding hydrogens is 390 g/mol. The second-order valence-electron chi connectivity index (χ2n) is 6.60. The lowest BCUT2D eigenvalue weighted by Crippen LogP contribution is -2.29. The third-order valence-corrected chi connectivity index (χ3v) is 6.30. The predicted molar refractivity (Wildman–Crippen MR) is 112 cm³/mol. The first-order valence-corrected chi connectivity index (χ1v) is 10.7. The van der Waals surface area contributed by atoms with E-state index < -0.39 is 16.1 Å². The summed E-state index contributed by atoms with van der Waals surface area (Å²) in [6.07, 6.45) is 2.25. The van der Waals surface area contributed by atoms with Crippen LogP contribution in [-0.2, 0) is 10.0 Å². The lowest BCUT2D eigenvalue weighted by Gasteiger charge is -2.18. The van der Waals surface area contributed by atoms with Gasteiger partial charge in [0.05, 0.1) is 37.0 Å². The molecule has 2 N–H and O–H groups in total. The fourth-order valence-corrected chi connectivity index (χ4v) is 4.64. The molecule has 0 saturated carbocycles. The molecule has 0 aliphatic carbocycles. The van der Waals surface area contributed by atoms with Gasteiger partial charge < -0.3 is 14.5 Å². The van der Waals surface area contributed by atoms with Gasteiger partial charge in [0, 0.05) is 6.07 Å². The van der Waals surface area contributed by atoms with Gasteiger partial charge in [-0.3, -0.25) is 0 Å². The van der Waals surface area contributed by atoms with Crippen LogP contribution in [-0.4, -0.2) is 32.6 Å². The highest BCUT2D eigenvalue weighted by atomic mass is 32.2. The Hall–Kier alpha value is -2.84. The number of methoxy groups -OCH3 is 2. The second kappa shape index (κ2) is 8.67. The molecule has 2 aromatic carbocycles. The van der Waals surface area contributed by atoms with Gasteiger partial charge in [0.2, 0.25) is 10.0 Å². The second-order valence-corrected chi connectivity index (χ2v) is 8.29. The van der Waals surface area contributed by atoms with E-state index in [1.165, 1.54) is 20.3 Å². The van der Waals surface area contributed by atoms with Gasteiger partial charge in [-0.15, -0.1) is 0 Å². The Morgan fingerprint density at radius 3 is 2.38 bits per heavy atom. The number of aromatic nitrogens is 2. The molecule has 1 atom stereocenters. The molecule has 0 aliphatic rings. The molecule has 0 radical (unpaired) electrons. The monoisotopic (exact) mass is 415 g/mol. The maximum atomic E-state index is 13.1. The van der Waals surface area contributed by atoms with Crippen molar-refractivity contribution in [1.82, 2.24) is 14.7 Å². The molecule has 0 fully saturated rings. The third-order valence-electron chi connectivity index (χ3n) is 4.69. The van der Waals surface area contributed by atoms with E-state index in [9.17, 15) is 8.42 Å². The first-order valence-electron chi connectivity index (χ1n) is 9.24. The van der Waals surface area contributed by atoms with Crippen LogP contribution in [0.4, 0.5) is 0 Å². The van der Waals surface area contributed by atoms with Gasteiger partial charge in [0.25, 0.3) is 0 Å². The number of sulfonamides is 1. The van der Waals surface area contributed by atoms with E-state index in [1.807, 2.05) is 37.3 Å². The smallest absolute Gasteiger partial charge is 0.241 e. The number of ether oxygens (including phenoxy) is 2. The van der Waals surface area contributed by atoms with E-state index in [-0.39, 0.29) is 4.90 Å². The van der Waals surface area contributed by atoms with Crippen molar-refractivity contribution in [3.63, 3.8) is 0 Å². The van der Waals surface area contributed by atoms with E-state index in [4.69, 9.17) is 9.47 Å². The lowest BCUT2D eigenvalue weighted by molar-refractivity contribution is 0.353. The van der Waals surface area contributed by atoms with Crippen LogP contribution in [0.25, 0.3) is 11.3 Å². The third kappa shape index (κ3) is 4.44. The molecule has 154 valence electrons. The Morgan fingerprint density at radius 2 is 1.76 bits per heavy atom. The number of hydrogen-bond acceptors (Lipinski definition) is 5. The average molecular weight is 416 g/mol. The maximum absolute atomic E-state index is 13.1. The lowest BCUT2D eigenvalue weighted by atomic mass is 10.2. The van der Waals surface area contributed by atoms with Crippen LogP contribution in [0.1, 0.15) is 30.8 Å². The zero-order valence-electron chi connectivity index (χ0n) is 16.9. The molecule has 7 nitrogen and oxygen atoms in total. The van der Waals surface area contributed by atoms with Crippen molar-refractivity contribution in [3.05, 3.63) is 60.0 Å². The molecule has 29 heavy (non-hydrogen) atoms. The zero-order chi connectivity index (χ0) is 21.0. The van der Waals surface area contributed by atoms with Crippen LogP contribution in [0, 0.1) is 6.92 Å². The van der Waals surface area contributed by atoms with Crippen molar-refractivity contribution in [3.8, 4) is 22.8 Å². The summed E-state index contributed by atoms with van der Waals surface area (Å²) in [5.41, 5.74) is 2.38. The van der Waals surface area contributed by atoms with Gasteiger partial charge in [-0.2, -0.15) is 0 Å². The number of imidazole rings is 1. The van der Waals surface area contributed by atoms with Crippen molar-refractivity contribution in [2.24, 2.45) is 0 Å². The summed E-state index contributed by atoms with van der Waals surface area (Å²) in [6.45, 7) is 3.62. The number of nitrogens with one attached hydrogen (secondary N) is 2. The van der Waals surface area contributed by atoms with Crippen molar-refractivity contribution in [2.75, 3.05) is 14.2 Å². The standard InChI is InChI=1S/C21H25N3O4S/c1-5-16(21-22-13-17(23-21)15-9-7-6-8-10-15)24-29(25,26)20-12-19(28-4)18(27-3)11-14(20)2/h6-13,16,24H,5H2,1-4H3,(H,22,23). The number of nitrogens with zero attached hydrogens (tertiary/aromatic N) is 1. The molecule has 0 saturated heterocycles. The van der Waals surface area contributed by atoms with Crippen LogP contribution in [0.15, 0.2) is 53.6 Å². The van der Waals surface area contributed by atoms with Crippen LogP contribution in [0.5, 0.6) is 11.5 Å². The average Bonchev–Trinajstić information content (AvgIpc) is 3.22. The van der Waals surface area contributed by atoms with Crippen LogP contribution >= 0.6 is 0 Å². The number of rotatable bonds is 8.